The molecule has 0 spiro atoms. The van der Waals surface area contributed by atoms with Crippen molar-refractivity contribution in [2.75, 3.05) is 6.61 Å². The molecule has 0 amide bonds. The van der Waals surface area contributed by atoms with E-state index in [0.717, 1.165) is 21.3 Å². The van der Waals surface area contributed by atoms with Gasteiger partial charge in [0.1, 0.15) is 5.75 Å². The summed E-state index contributed by atoms with van der Waals surface area (Å²) in [6, 6.07) is 12.8. The highest BCUT2D eigenvalue weighted by atomic mass is 79.9. The fourth-order valence-corrected chi connectivity index (χ4v) is 2.50. The van der Waals surface area contributed by atoms with Crippen molar-refractivity contribution in [1.29, 1.82) is 0 Å². The summed E-state index contributed by atoms with van der Waals surface area (Å²) in [6.45, 7) is 3.93. The van der Waals surface area contributed by atoms with Crippen LogP contribution in [-0.2, 0) is 13.1 Å². The fourth-order valence-electron chi connectivity index (χ4n) is 2.09. The van der Waals surface area contributed by atoms with Gasteiger partial charge in [-0.1, -0.05) is 28.1 Å². The molecule has 116 valence electrons. The number of ether oxygens (including phenoxy) is 1. The summed E-state index contributed by atoms with van der Waals surface area (Å²) >= 11 is 3.47. The molecule has 0 radical (unpaired) electrons. The van der Waals surface area contributed by atoms with Crippen molar-refractivity contribution in [2.45, 2.75) is 20.0 Å². The molecule has 0 unspecified atom stereocenters. The van der Waals surface area contributed by atoms with Crippen LogP contribution >= 0.6 is 15.9 Å². The lowest BCUT2D eigenvalue weighted by Crippen LogP contribution is -2.14. The molecule has 2 aromatic carbocycles. The minimum absolute atomic E-state index is 0.300. The van der Waals surface area contributed by atoms with Gasteiger partial charge in [-0.05, 0) is 42.8 Å². The van der Waals surface area contributed by atoms with Crippen LogP contribution in [-0.4, -0.2) is 17.7 Å². The van der Waals surface area contributed by atoms with Gasteiger partial charge >= 0.3 is 5.97 Å². The molecule has 0 saturated heterocycles. The topological polar surface area (TPSA) is 58.6 Å². The van der Waals surface area contributed by atoms with E-state index in [2.05, 4.69) is 21.2 Å². The first-order valence-corrected chi connectivity index (χ1v) is 7.83. The lowest BCUT2D eigenvalue weighted by atomic mass is 10.1. The molecule has 0 heterocycles. The van der Waals surface area contributed by atoms with Crippen molar-refractivity contribution < 1.29 is 14.6 Å². The Morgan fingerprint density at radius 1 is 1.18 bits per heavy atom. The molecule has 0 aliphatic carbocycles. The van der Waals surface area contributed by atoms with Crippen molar-refractivity contribution in [3.63, 3.8) is 0 Å². The largest absolute Gasteiger partial charge is 0.494 e. The number of hydrogen-bond donors (Lipinski definition) is 2. The monoisotopic (exact) mass is 363 g/mol. The molecule has 0 saturated carbocycles. The first-order valence-electron chi connectivity index (χ1n) is 7.04. The quantitative estimate of drug-likeness (QED) is 0.784. The summed E-state index contributed by atoms with van der Waals surface area (Å²) < 4.78 is 6.62. The van der Waals surface area contributed by atoms with Gasteiger partial charge in [-0.15, -0.1) is 0 Å². The summed E-state index contributed by atoms with van der Waals surface area (Å²) in [5.41, 5.74) is 2.42. The van der Waals surface area contributed by atoms with Crippen LogP contribution in [0.3, 0.4) is 0 Å². The number of nitrogens with one attached hydrogen (secondary N) is 1. The maximum atomic E-state index is 10.8. The molecule has 0 aliphatic heterocycles. The Morgan fingerprint density at radius 3 is 2.55 bits per heavy atom. The third-order valence-corrected chi connectivity index (χ3v) is 3.66. The van der Waals surface area contributed by atoms with E-state index < -0.39 is 5.97 Å². The van der Waals surface area contributed by atoms with E-state index in [-0.39, 0.29) is 0 Å². The Morgan fingerprint density at radius 2 is 1.91 bits per heavy atom. The number of rotatable bonds is 7. The van der Waals surface area contributed by atoms with Crippen molar-refractivity contribution in [3.8, 4) is 5.75 Å². The predicted octanol–water partition coefficient (Wildman–Crippen LogP) is 3.84. The first kappa shape index (κ1) is 16.5. The number of benzene rings is 2. The van der Waals surface area contributed by atoms with E-state index in [1.165, 1.54) is 0 Å². The Labute approximate surface area is 138 Å². The third-order valence-electron chi connectivity index (χ3n) is 3.17. The second-order valence-corrected chi connectivity index (χ2v) is 5.71. The maximum Gasteiger partial charge on any atom is 0.335 e. The van der Waals surface area contributed by atoms with Gasteiger partial charge in [0, 0.05) is 23.1 Å². The van der Waals surface area contributed by atoms with Gasteiger partial charge in [-0.3, -0.25) is 0 Å². The van der Waals surface area contributed by atoms with E-state index in [4.69, 9.17) is 9.84 Å². The molecule has 2 aromatic rings. The molecule has 0 aliphatic rings. The highest BCUT2D eigenvalue weighted by Crippen LogP contribution is 2.23. The minimum Gasteiger partial charge on any atom is -0.494 e. The van der Waals surface area contributed by atoms with Crippen LogP contribution < -0.4 is 10.1 Å². The zero-order valence-electron chi connectivity index (χ0n) is 12.3. The van der Waals surface area contributed by atoms with Crippen molar-refractivity contribution in [3.05, 3.63) is 63.6 Å². The number of hydrogen-bond acceptors (Lipinski definition) is 3. The number of carboxylic acids is 1. The Bertz CT molecular complexity index is 641. The zero-order valence-corrected chi connectivity index (χ0v) is 13.9. The third kappa shape index (κ3) is 4.58. The van der Waals surface area contributed by atoms with Crippen LogP contribution in [0.15, 0.2) is 46.9 Å². The Balaban J connectivity index is 1.95. The molecular weight excluding hydrogens is 346 g/mol. The van der Waals surface area contributed by atoms with E-state index >= 15 is 0 Å². The molecule has 0 fully saturated rings. The molecule has 2 N–H and O–H groups in total. The van der Waals surface area contributed by atoms with E-state index in [1.54, 1.807) is 12.1 Å². The number of carbonyl (C=O) groups is 1. The fraction of sp³-hybridized carbons (Fsp3) is 0.235. The number of halogens is 1. The van der Waals surface area contributed by atoms with Crippen LogP contribution in [0.1, 0.15) is 28.4 Å². The summed E-state index contributed by atoms with van der Waals surface area (Å²) in [5, 5.41) is 12.2. The van der Waals surface area contributed by atoms with E-state index in [0.29, 0.717) is 25.3 Å². The van der Waals surface area contributed by atoms with Crippen LogP contribution in [0.25, 0.3) is 0 Å². The predicted molar refractivity (Wildman–Crippen MR) is 89.3 cm³/mol. The molecule has 0 bridgehead atoms. The van der Waals surface area contributed by atoms with Gasteiger partial charge < -0.3 is 15.2 Å². The molecular formula is C17H18BrNO3. The van der Waals surface area contributed by atoms with Crippen LogP contribution in [0.4, 0.5) is 0 Å². The normalized spacial score (nSPS) is 10.5. The van der Waals surface area contributed by atoms with Crippen LogP contribution in [0.2, 0.25) is 0 Å². The lowest BCUT2D eigenvalue weighted by molar-refractivity contribution is 0.0697. The van der Waals surface area contributed by atoms with Gasteiger partial charge in [-0.2, -0.15) is 0 Å². The molecule has 4 nitrogen and oxygen atoms in total. The van der Waals surface area contributed by atoms with Gasteiger partial charge in [-0.25, -0.2) is 4.79 Å². The molecule has 22 heavy (non-hydrogen) atoms. The minimum atomic E-state index is -0.907. The summed E-state index contributed by atoms with van der Waals surface area (Å²) in [7, 11) is 0. The van der Waals surface area contributed by atoms with Crippen molar-refractivity contribution in [1.82, 2.24) is 5.32 Å². The smallest absolute Gasteiger partial charge is 0.335 e. The summed E-state index contributed by atoms with van der Waals surface area (Å²) in [5.74, 6) is -0.0329. The van der Waals surface area contributed by atoms with Gasteiger partial charge in [0.15, 0.2) is 0 Å². The first-order chi connectivity index (χ1) is 10.6. The zero-order chi connectivity index (χ0) is 15.9. The Kier molecular flexibility index (Phi) is 5.98. The summed E-state index contributed by atoms with van der Waals surface area (Å²) in [6.07, 6.45) is 0. The van der Waals surface area contributed by atoms with Gasteiger partial charge in [0.25, 0.3) is 0 Å². The van der Waals surface area contributed by atoms with E-state index in [1.807, 2.05) is 37.3 Å². The highest BCUT2D eigenvalue weighted by molar-refractivity contribution is 9.10. The van der Waals surface area contributed by atoms with Crippen LogP contribution in [0.5, 0.6) is 5.75 Å². The van der Waals surface area contributed by atoms with Gasteiger partial charge in [0.05, 0.1) is 12.2 Å². The number of aromatic carboxylic acids is 1. The molecule has 2 rings (SSSR count). The second-order valence-electron chi connectivity index (χ2n) is 4.79. The SMILES string of the molecule is CCOc1ccc(Br)cc1CNCc1ccc(C(=O)O)cc1. The molecule has 0 aromatic heterocycles. The van der Waals surface area contributed by atoms with Crippen LogP contribution in [0, 0.1) is 0 Å². The molecule has 5 heteroatoms. The lowest BCUT2D eigenvalue weighted by Gasteiger charge is -2.12. The highest BCUT2D eigenvalue weighted by Gasteiger charge is 2.05. The van der Waals surface area contributed by atoms with Crippen molar-refractivity contribution in [2.24, 2.45) is 0 Å². The Hall–Kier alpha value is -1.85. The van der Waals surface area contributed by atoms with Gasteiger partial charge in [0.2, 0.25) is 0 Å². The average molecular weight is 364 g/mol. The maximum absolute atomic E-state index is 10.8. The van der Waals surface area contributed by atoms with Crippen molar-refractivity contribution >= 4 is 21.9 Å². The number of carboxylic acid groups (broad SMARTS) is 1. The molecule has 0 atom stereocenters. The standard InChI is InChI=1S/C17H18BrNO3/c1-2-22-16-8-7-15(18)9-14(16)11-19-10-12-3-5-13(6-4-12)17(20)21/h3-9,19H,2,10-11H2,1H3,(H,20,21). The van der Waals surface area contributed by atoms with E-state index in [9.17, 15) is 4.79 Å². The summed E-state index contributed by atoms with van der Waals surface area (Å²) in [4.78, 5) is 10.8. The second kappa shape index (κ2) is 7.96. The average Bonchev–Trinajstić information content (AvgIpc) is 2.50.